The van der Waals surface area contributed by atoms with Crippen LogP contribution < -0.4 is 10.2 Å². The van der Waals surface area contributed by atoms with E-state index in [-0.39, 0.29) is 46.2 Å². The number of hydrogen-bond donors (Lipinski definition) is 6. The molecule has 2 saturated heterocycles. The Labute approximate surface area is 241 Å². The highest BCUT2D eigenvalue weighted by Gasteiger charge is 2.48. The molecule has 1 aromatic heterocycles. The highest BCUT2D eigenvalue weighted by Crippen LogP contribution is 2.39. The second-order valence-electron chi connectivity index (χ2n) is 11.1. The van der Waals surface area contributed by atoms with Crippen molar-refractivity contribution >= 4 is 11.0 Å². The zero-order chi connectivity index (χ0) is 30.5. The van der Waals surface area contributed by atoms with Crippen LogP contribution in [0.2, 0.25) is 0 Å². The number of hydrogen-bond acceptors (Lipinski definition) is 12. The van der Waals surface area contributed by atoms with Gasteiger partial charge in [-0.1, -0.05) is 20.8 Å². The van der Waals surface area contributed by atoms with Gasteiger partial charge in [-0.05, 0) is 43.4 Å². The van der Waals surface area contributed by atoms with E-state index in [2.05, 4.69) is 0 Å². The van der Waals surface area contributed by atoms with Crippen LogP contribution in [0.3, 0.4) is 0 Å². The molecule has 0 spiro atoms. The molecule has 3 heterocycles. The fraction of sp³-hybridized carbons (Fsp3) is 0.500. The number of phenols is 3. The number of ether oxygens (including phenoxy) is 4. The number of aliphatic hydroxyl groups is 3. The summed E-state index contributed by atoms with van der Waals surface area (Å²) >= 11 is 0. The van der Waals surface area contributed by atoms with Crippen LogP contribution in [0.5, 0.6) is 23.0 Å². The third-order valence-corrected chi connectivity index (χ3v) is 8.31. The summed E-state index contributed by atoms with van der Waals surface area (Å²) in [5.74, 6) is -1.10. The minimum atomic E-state index is -1.53. The van der Waals surface area contributed by atoms with E-state index in [9.17, 15) is 35.4 Å². The molecular formula is C30H36O12. The van der Waals surface area contributed by atoms with Crippen LogP contribution >= 0.6 is 0 Å². The van der Waals surface area contributed by atoms with Crippen molar-refractivity contribution in [2.45, 2.75) is 83.3 Å². The first-order valence-electron chi connectivity index (χ1n) is 13.9. The SMILES string of the molecule is CC[C@H]1O[C@@H](Oc2cc(O)c3c(=O)cc(-c4ccc(O)c(O)c4)oc3c2)[C@H](O[C@@H]2O[C@@H](C)[C@H](O)[C@@H](O)[C@H]2O)[C@@H](C)[C@@H]1C. The summed E-state index contributed by atoms with van der Waals surface area (Å²) < 4.78 is 30.2. The first kappa shape index (κ1) is 30.1. The Morgan fingerprint density at radius 2 is 1.55 bits per heavy atom. The largest absolute Gasteiger partial charge is 0.507 e. The molecular weight excluding hydrogens is 552 g/mol. The molecule has 12 nitrogen and oxygen atoms in total. The van der Waals surface area contributed by atoms with Crippen molar-refractivity contribution in [2.24, 2.45) is 11.8 Å². The summed E-state index contributed by atoms with van der Waals surface area (Å²) in [6.07, 6.45) is -7.80. The molecule has 0 bridgehead atoms. The lowest BCUT2D eigenvalue weighted by Crippen LogP contribution is -2.61. The molecule has 2 aromatic carbocycles. The summed E-state index contributed by atoms with van der Waals surface area (Å²) in [5.41, 5.74) is -0.219. The Kier molecular flexibility index (Phi) is 8.39. The molecule has 42 heavy (non-hydrogen) atoms. The number of rotatable bonds is 6. The van der Waals surface area contributed by atoms with Crippen molar-refractivity contribution in [2.75, 3.05) is 0 Å². The summed E-state index contributed by atoms with van der Waals surface area (Å²) in [5, 5.41) is 61.1. The Bertz CT molecular complexity index is 1490. The van der Waals surface area contributed by atoms with Crippen LogP contribution in [0.1, 0.15) is 34.1 Å². The maximum Gasteiger partial charge on any atom is 0.227 e. The lowest BCUT2D eigenvalue weighted by atomic mass is 9.82. The van der Waals surface area contributed by atoms with Gasteiger partial charge in [-0.2, -0.15) is 0 Å². The molecule has 228 valence electrons. The molecule has 0 amide bonds. The van der Waals surface area contributed by atoms with E-state index < -0.39 is 60.0 Å². The van der Waals surface area contributed by atoms with Gasteiger partial charge in [0, 0.05) is 23.8 Å². The highest BCUT2D eigenvalue weighted by molar-refractivity contribution is 5.86. The van der Waals surface area contributed by atoms with Crippen LogP contribution in [0.25, 0.3) is 22.3 Å². The van der Waals surface area contributed by atoms with E-state index in [1.165, 1.54) is 36.4 Å². The average molecular weight is 589 g/mol. The molecule has 5 rings (SSSR count). The lowest BCUT2D eigenvalue weighted by molar-refractivity contribution is -0.342. The quantitative estimate of drug-likeness (QED) is 0.231. The van der Waals surface area contributed by atoms with Crippen molar-refractivity contribution in [3.8, 4) is 34.3 Å². The highest BCUT2D eigenvalue weighted by atomic mass is 16.7. The van der Waals surface area contributed by atoms with Gasteiger partial charge in [0.2, 0.25) is 6.29 Å². The van der Waals surface area contributed by atoms with Crippen molar-refractivity contribution in [1.29, 1.82) is 0 Å². The van der Waals surface area contributed by atoms with Crippen molar-refractivity contribution in [3.63, 3.8) is 0 Å². The molecule has 0 radical (unpaired) electrons. The Hall–Kier alpha value is -3.39. The minimum absolute atomic E-state index is 0.00114. The van der Waals surface area contributed by atoms with Gasteiger partial charge >= 0.3 is 0 Å². The maximum absolute atomic E-state index is 12.9. The van der Waals surface area contributed by atoms with Crippen molar-refractivity contribution < 1.29 is 54.0 Å². The topological polar surface area (TPSA) is 189 Å². The first-order chi connectivity index (χ1) is 19.9. The molecule has 12 heteroatoms. The second-order valence-corrected chi connectivity index (χ2v) is 11.1. The molecule has 0 saturated carbocycles. The molecule has 0 unspecified atom stereocenters. The molecule has 10 atom stereocenters. The number of fused-ring (bicyclic) bond motifs is 1. The van der Waals surface area contributed by atoms with Crippen molar-refractivity contribution in [1.82, 2.24) is 0 Å². The standard InChI is InChI=1S/C30H36O12/c1-5-21-12(2)13(3)28(42-29-27(37)26(36)25(35)14(4)38-29)30(41-21)39-16-9-19(33)24-20(34)11-22(40-23(24)10-16)15-6-7-17(31)18(32)8-15/h6-14,21,25-33,35-37H,5H2,1-4H3/t12-,13-,14-,21+,25-,26+,27+,28+,29-,30+/m0/s1. The fourth-order valence-corrected chi connectivity index (χ4v) is 5.56. The molecule has 0 aliphatic carbocycles. The smallest absolute Gasteiger partial charge is 0.227 e. The Morgan fingerprint density at radius 1 is 0.810 bits per heavy atom. The summed E-state index contributed by atoms with van der Waals surface area (Å²) in [6.45, 7) is 7.47. The molecule has 6 N–H and O–H groups in total. The van der Waals surface area contributed by atoms with E-state index in [1.807, 2.05) is 20.8 Å². The van der Waals surface area contributed by atoms with Gasteiger partial charge in [0.05, 0.1) is 12.2 Å². The maximum atomic E-state index is 12.9. The second kappa shape index (κ2) is 11.7. The van der Waals surface area contributed by atoms with Gasteiger partial charge in [-0.15, -0.1) is 0 Å². The predicted octanol–water partition coefficient (Wildman–Crippen LogP) is 2.58. The lowest BCUT2D eigenvalue weighted by Gasteiger charge is -2.47. The van der Waals surface area contributed by atoms with Crippen LogP contribution in [0, 0.1) is 11.8 Å². The van der Waals surface area contributed by atoms with E-state index in [1.54, 1.807) is 6.92 Å². The van der Waals surface area contributed by atoms with E-state index in [4.69, 9.17) is 23.4 Å². The summed E-state index contributed by atoms with van der Waals surface area (Å²) in [6, 6.07) is 7.79. The molecule has 3 aromatic rings. The van der Waals surface area contributed by atoms with E-state index in [0.29, 0.717) is 12.0 Å². The van der Waals surface area contributed by atoms with Gasteiger partial charge in [0.25, 0.3) is 0 Å². The van der Waals surface area contributed by atoms with Crippen LogP contribution in [0.15, 0.2) is 45.6 Å². The Morgan fingerprint density at radius 3 is 2.24 bits per heavy atom. The van der Waals surface area contributed by atoms with Gasteiger partial charge in [-0.25, -0.2) is 0 Å². The van der Waals surface area contributed by atoms with Crippen LogP contribution in [0.4, 0.5) is 0 Å². The molecule has 2 aliphatic rings. The van der Waals surface area contributed by atoms with Gasteiger partial charge in [-0.3, -0.25) is 4.79 Å². The number of aromatic hydroxyl groups is 3. The molecule has 2 aliphatic heterocycles. The number of phenolic OH excluding ortho intramolecular Hbond substituents is 3. The normalized spacial score (nSPS) is 33.5. The summed E-state index contributed by atoms with van der Waals surface area (Å²) in [4.78, 5) is 12.9. The van der Waals surface area contributed by atoms with Gasteiger partial charge < -0.3 is 54.0 Å². The third-order valence-electron chi connectivity index (χ3n) is 8.31. The van der Waals surface area contributed by atoms with Crippen molar-refractivity contribution in [3.05, 3.63) is 46.6 Å². The zero-order valence-electron chi connectivity index (χ0n) is 23.6. The number of aliphatic hydroxyl groups excluding tert-OH is 3. The average Bonchev–Trinajstić information content (AvgIpc) is 2.95. The van der Waals surface area contributed by atoms with E-state index >= 15 is 0 Å². The monoisotopic (exact) mass is 588 g/mol. The van der Waals surface area contributed by atoms with Crippen LogP contribution in [-0.4, -0.2) is 79.8 Å². The first-order valence-corrected chi connectivity index (χ1v) is 13.9. The summed E-state index contributed by atoms with van der Waals surface area (Å²) in [7, 11) is 0. The van der Waals surface area contributed by atoms with Crippen LogP contribution in [-0.2, 0) is 14.2 Å². The number of benzene rings is 2. The molecule has 2 fully saturated rings. The zero-order valence-corrected chi connectivity index (χ0v) is 23.6. The minimum Gasteiger partial charge on any atom is -0.507 e. The Balaban J connectivity index is 1.48. The fourth-order valence-electron chi connectivity index (χ4n) is 5.56. The van der Waals surface area contributed by atoms with Gasteiger partial charge in [0.1, 0.15) is 52.6 Å². The van der Waals surface area contributed by atoms with Gasteiger partial charge in [0.15, 0.2) is 23.2 Å². The third kappa shape index (κ3) is 5.53. The van der Waals surface area contributed by atoms with E-state index in [0.717, 1.165) is 0 Å². The predicted molar refractivity (Wildman–Crippen MR) is 148 cm³/mol.